The Hall–Kier alpha value is -2.36. The lowest BCUT2D eigenvalue weighted by atomic mass is 10.00. The number of carbonyl (C=O) groups excluding carboxylic acids is 1. The van der Waals surface area contributed by atoms with E-state index in [2.05, 4.69) is 15.6 Å². The number of carbonyl (C=O) groups is 1. The number of hydrogen-bond donors (Lipinski definition) is 2. The van der Waals surface area contributed by atoms with Gasteiger partial charge in [0.1, 0.15) is 0 Å². The molecule has 0 spiro atoms. The van der Waals surface area contributed by atoms with Gasteiger partial charge in [-0.25, -0.2) is 0 Å². The predicted molar refractivity (Wildman–Crippen MR) is 78.5 cm³/mol. The molecule has 2 aromatic rings. The zero-order chi connectivity index (χ0) is 13.9. The molecule has 2 atom stereocenters. The monoisotopic (exact) mass is 267 g/mol. The molecule has 4 heteroatoms. The minimum absolute atomic E-state index is 0.0380. The average Bonchev–Trinajstić information content (AvgIpc) is 2.92. The molecule has 0 bridgehead atoms. The first-order valence-corrected chi connectivity index (χ1v) is 6.79. The summed E-state index contributed by atoms with van der Waals surface area (Å²) >= 11 is 0. The quantitative estimate of drug-likeness (QED) is 0.898. The molecule has 0 aliphatic carbocycles. The van der Waals surface area contributed by atoms with Crippen LogP contribution >= 0.6 is 0 Å². The summed E-state index contributed by atoms with van der Waals surface area (Å²) in [6.07, 6.45) is 3.51. The van der Waals surface area contributed by atoms with Crippen molar-refractivity contribution in [1.82, 2.24) is 10.3 Å². The number of aromatic nitrogens is 1. The van der Waals surface area contributed by atoms with Crippen molar-refractivity contribution in [2.75, 3.05) is 11.9 Å². The van der Waals surface area contributed by atoms with Crippen LogP contribution in [0.4, 0.5) is 5.69 Å². The molecule has 20 heavy (non-hydrogen) atoms. The molecule has 3 rings (SSSR count). The summed E-state index contributed by atoms with van der Waals surface area (Å²) in [5.41, 5.74) is 3.14. The van der Waals surface area contributed by atoms with Crippen LogP contribution in [0.3, 0.4) is 0 Å². The topological polar surface area (TPSA) is 54.0 Å². The zero-order valence-electron chi connectivity index (χ0n) is 11.3. The predicted octanol–water partition coefficient (Wildman–Crippen LogP) is 2.47. The van der Waals surface area contributed by atoms with E-state index in [1.165, 1.54) is 0 Å². The van der Waals surface area contributed by atoms with Gasteiger partial charge in [0, 0.05) is 24.6 Å². The SMILES string of the molecule is CC(NC(=O)C1CNc2ccccc21)c1cccnc1. The fraction of sp³-hybridized carbons (Fsp3) is 0.250. The molecule has 0 saturated carbocycles. The van der Waals surface area contributed by atoms with E-state index >= 15 is 0 Å². The number of para-hydroxylation sites is 1. The molecule has 1 aliphatic rings. The molecule has 1 amide bonds. The highest BCUT2D eigenvalue weighted by Gasteiger charge is 2.28. The number of amides is 1. The third kappa shape index (κ3) is 2.37. The molecule has 2 heterocycles. The lowest BCUT2D eigenvalue weighted by Gasteiger charge is -2.17. The van der Waals surface area contributed by atoms with Crippen LogP contribution in [0.15, 0.2) is 48.8 Å². The Morgan fingerprint density at radius 1 is 1.35 bits per heavy atom. The van der Waals surface area contributed by atoms with Crippen LogP contribution in [0.2, 0.25) is 0 Å². The van der Waals surface area contributed by atoms with Crippen LogP contribution in [-0.2, 0) is 4.79 Å². The van der Waals surface area contributed by atoms with Gasteiger partial charge in [0.25, 0.3) is 0 Å². The molecule has 0 saturated heterocycles. The highest BCUT2D eigenvalue weighted by Crippen LogP contribution is 2.31. The molecular weight excluding hydrogens is 250 g/mol. The number of hydrogen-bond acceptors (Lipinski definition) is 3. The first-order valence-electron chi connectivity index (χ1n) is 6.79. The normalized spacial score (nSPS) is 17.9. The van der Waals surface area contributed by atoms with E-state index in [9.17, 15) is 4.79 Å². The van der Waals surface area contributed by atoms with Gasteiger partial charge in [-0.2, -0.15) is 0 Å². The van der Waals surface area contributed by atoms with Crippen molar-refractivity contribution in [3.63, 3.8) is 0 Å². The van der Waals surface area contributed by atoms with Crippen LogP contribution in [-0.4, -0.2) is 17.4 Å². The molecule has 4 nitrogen and oxygen atoms in total. The fourth-order valence-electron chi connectivity index (χ4n) is 2.55. The van der Waals surface area contributed by atoms with Crippen LogP contribution in [0.1, 0.15) is 30.0 Å². The molecule has 1 aromatic carbocycles. The standard InChI is InChI=1S/C16H17N3O/c1-11(12-5-4-8-17-9-12)19-16(20)14-10-18-15-7-3-2-6-13(14)15/h2-9,11,14,18H,10H2,1H3,(H,19,20). The van der Waals surface area contributed by atoms with Crippen molar-refractivity contribution in [2.24, 2.45) is 0 Å². The number of nitrogens with one attached hydrogen (secondary N) is 2. The number of pyridine rings is 1. The smallest absolute Gasteiger partial charge is 0.229 e. The largest absolute Gasteiger partial charge is 0.384 e. The number of fused-ring (bicyclic) bond motifs is 1. The third-order valence-electron chi connectivity index (χ3n) is 3.69. The number of anilines is 1. The van der Waals surface area contributed by atoms with E-state index in [0.717, 1.165) is 16.8 Å². The Bertz CT molecular complexity index is 612. The lowest BCUT2D eigenvalue weighted by molar-refractivity contribution is -0.122. The van der Waals surface area contributed by atoms with Gasteiger partial charge >= 0.3 is 0 Å². The summed E-state index contributed by atoms with van der Waals surface area (Å²) < 4.78 is 0. The molecule has 0 radical (unpaired) electrons. The van der Waals surface area contributed by atoms with E-state index < -0.39 is 0 Å². The second-order valence-corrected chi connectivity index (χ2v) is 5.04. The van der Waals surface area contributed by atoms with Crippen molar-refractivity contribution in [2.45, 2.75) is 18.9 Å². The molecule has 2 N–H and O–H groups in total. The zero-order valence-corrected chi connectivity index (χ0v) is 11.3. The van der Waals surface area contributed by atoms with Crippen molar-refractivity contribution in [1.29, 1.82) is 0 Å². The summed E-state index contributed by atoms with van der Waals surface area (Å²) in [4.78, 5) is 16.5. The molecule has 0 fully saturated rings. The van der Waals surface area contributed by atoms with Crippen LogP contribution < -0.4 is 10.6 Å². The van der Waals surface area contributed by atoms with Gasteiger partial charge in [0.05, 0.1) is 12.0 Å². The van der Waals surface area contributed by atoms with E-state index in [4.69, 9.17) is 0 Å². The van der Waals surface area contributed by atoms with Gasteiger partial charge in [-0.1, -0.05) is 24.3 Å². The van der Waals surface area contributed by atoms with Crippen molar-refractivity contribution >= 4 is 11.6 Å². The van der Waals surface area contributed by atoms with Crippen LogP contribution in [0, 0.1) is 0 Å². The summed E-state index contributed by atoms with van der Waals surface area (Å²) in [6.45, 7) is 2.63. The van der Waals surface area contributed by atoms with Gasteiger partial charge in [-0.15, -0.1) is 0 Å². The Labute approximate surface area is 118 Å². The number of benzene rings is 1. The Morgan fingerprint density at radius 2 is 2.20 bits per heavy atom. The van der Waals surface area contributed by atoms with E-state index in [1.807, 2.05) is 43.3 Å². The van der Waals surface area contributed by atoms with Gasteiger partial charge in [0.2, 0.25) is 5.91 Å². The Kier molecular flexibility index (Phi) is 3.37. The molecule has 1 aromatic heterocycles. The molecule has 102 valence electrons. The van der Waals surface area contributed by atoms with Gasteiger partial charge in [-0.3, -0.25) is 9.78 Å². The first kappa shape index (κ1) is 12.7. The summed E-state index contributed by atoms with van der Waals surface area (Å²) in [5.74, 6) is -0.0656. The summed E-state index contributed by atoms with van der Waals surface area (Å²) in [5, 5.41) is 6.33. The minimum atomic E-state index is -0.120. The van der Waals surface area contributed by atoms with Crippen LogP contribution in [0.25, 0.3) is 0 Å². The van der Waals surface area contributed by atoms with Crippen molar-refractivity contribution in [3.05, 3.63) is 59.9 Å². The molecule has 1 aliphatic heterocycles. The maximum absolute atomic E-state index is 12.4. The highest BCUT2D eigenvalue weighted by atomic mass is 16.2. The summed E-state index contributed by atoms with van der Waals surface area (Å²) in [7, 11) is 0. The average molecular weight is 267 g/mol. The first-order chi connectivity index (χ1) is 9.75. The second kappa shape index (κ2) is 5.33. The van der Waals surface area contributed by atoms with E-state index in [1.54, 1.807) is 12.4 Å². The van der Waals surface area contributed by atoms with Crippen molar-refractivity contribution in [3.8, 4) is 0 Å². The van der Waals surface area contributed by atoms with Gasteiger partial charge < -0.3 is 10.6 Å². The van der Waals surface area contributed by atoms with Gasteiger partial charge in [-0.05, 0) is 30.2 Å². The minimum Gasteiger partial charge on any atom is -0.384 e. The third-order valence-corrected chi connectivity index (χ3v) is 3.69. The second-order valence-electron chi connectivity index (χ2n) is 5.04. The number of nitrogens with zero attached hydrogens (tertiary/aromatic N) is 1. The van der Waals surface area contributed by atoms with Crippen LogP contribution in [0.5, 0.6) is 0 Å². The Morgan fingerprint density at radius 3 is 3.00 bits per heavy atom. The van der Waals surface area contributed by atoms with Crippen molar-refractivity contribution < 1.29 is 4.79 Å². The maximum Gasteiger partial charge on any atom is 0.229 e. The van der Waals surface area contributed by atoms with E-state index in [-0.39, 0.29) is 17.9 Å². The lowest BCUT2D eigenvalue weighted by Crippen LogP contribution is -2.32. The van der Waals surface area contributed by atoms with Gasteiger partial charge in [0.15, 0.2) is 0 Å². The molecular formula is C16H17N3O. The van der Waals surface area contributed by atoms with E-state index in [0.29, 0.717) is 6.54 Å². The molecule has 2 unspecified atom stereocenters. The summed E-state index contributed by atoms with van der Waals surface area (Å²) in [6, 6.07) is 11.8. The number of rotatable bonds is 3. The highest BCUT2D eigenvalue weighted by molar-refractivity contribution is 5.88. The maximum atomic E-state index is 12.4. The Balaban J connectivity index is 1.72. The fourth-order valence-corrected chi connectivity index (χ4v) is 2.55.